The monoisotopic (exact) mass is 352 g/mol. The predicted molar refractivity (Wildman–Crippen MR) is 102 cm³/mol. The van der Waals surface area contributed by atoms with E-state index in [1.54, 1.807) is 6.92 Å². The third-order valence-electron chi connectivity index (χ3n) is 5.99. The van der Waals surface area contributed by atoms with Crippen molar-refractivity contribution in [2.75, 3.05) is 13.1 Å². The normalized spacial score (nSPS) is 26.5. The highest BCUT2D eigenvalue weighted by molar-refractivity contribution is 5.74. The van der Waals surface area contributed by atoms with Crippen molar-refractivity contribution >= 4 is 5.91 Å². The Balaban J connectivity index is 1.68. The van der Waals surface area contributed by atoms with Gasteiger partial charge in [-0.25, -0.2) is 0 Å². The first-order chi connectivity index (χ1) is 12.6. The second-order valence-electron chi connectivity index (χ2n) is 7.74. The Labute approximate surface area is 155 Å². The highest BCUT2D eigenvalue weighted by Crippen LogP contribution is 2.40. The van der Waals surface area contributed by atoms with Gasteiger partial charge in [0, 0.05) is 57.3 Å². The fraction of sp³-hybridized carbons (Fsp3) is 0.524. The van der Waals surface area contributed by atoms with E-state index in [0.717, 1.165) is 32.5 Å². The molecule has 5 heteroatoms. The molecular formula is C21H28N4O. The summed E-state index contributed by atoms with van der Waals surface area (Å²) in [5.74, 6) is 0.589. The minimum Gasteiger partial charge on any atom is -0.338 e. The number of carbonyl (C=O) groups excluding carboxylic acids is 1. The van der Waals surface area contributed by atoms with Crippen LogP contribution >= 0.6 is 0 Å². The average molecular weight is 352 g/mol. The molecule has 2 aliphatic heterocycles. The fourth-order valence-electron chi connectivity index (χ4n) is 4.88. The molecule has 0 spiro atoms. The lowest BCUT2D eigenvalue weighted by Crippen LogP contribution is -2.47. The topological polar surface area (TPSA) is 41.4 Å². The third-order valence-corrected chi connectivity index (χ3v) is 5.99. The minimum atomic E-state index is 0.214. The van der Waals surface area contributed by atoms with Gasteiger partial charge in [-0.3, -0.25) is 14.4 Å². The molecule has 2 aromatic rings. The van der Waals surface area contributed by atoms with Crippen LogP contribution in [0.5, 0.6) is 0 Å². The molecule has 26 heavy (non-hydrogen) atoms. The summed E-state index contributed by atoms with van der Waals surface area (Å²) in [6, 6.07) is 11.4. The molecule has 4 rings (SSSR count). The number of benzene rings is 1. The SMILES string of the molecule is CC(=O)N1CCCC[C@H]2[C@@H]1[C@H](c1ccccc1)CN2Cc1cnn(C)c1. The lowest BCUT2D eigenvalue weighted by molar-refractivity contribution is -0.131. The van der Waals surface area contributed by atoms with Crippen LogP contribution in [-0.4, -0.2) is 50.7 Å². The van der Waals surface area contributed by atoms with Crippen molar-refractivity contribution in [3.63, 3.8) is 0 Å². The molecule has 0 unspecified atom stereocenters. The Bertz CT molecular complexity index is 756. The summed E-state index contributed by atoms with van der Waals surface area (Å²) < 4.78 is 1.87. The quantitative estimate of drug-likeness (QED) is 0.853. The Morgan fingerprint density at radius 1 is 1.23 bits per heavy atom. The summed E-state index contributed by atoms with van der Waals surface area (Å²) in [5.41, 5.74) is 2.60. The Morgan fingerprint density at radius 3 is 2.73 bits per heavy atom. The number of carbonyl (C=O) groups is 1. The van der Waals surface area contributed by atoms with E-state index in [2.05, 4.69) is 51.4 Å². The van der Waals surface area contributed by atoms with Crippen molar-refractivity contribution < 1.29 is 4.79 Å². The van der Waals surface area contributed by atoms with Gasteiger partial charge in [0.1, 0.15) is 0 Å². The molecule has 0 bridgehead atoms. The largest absolute Gasteiger partial charge is 0.338 e. The van der Waals surface area contributed by atoms with Gasteiger partial charge in [-0.1, -0.05) is 36.8 Å². The van der Waals surface area contributed by atoms with E-state index in [-0.39, 0.29) is 11.9 Å². The number of aryl methyl sites for hydroxylation is 1. The maximum atomic E-state index is 12.4. The summed E-state index contributed by atoms with van der Waals surface area (Å²) in [6.45, 7) is 4.52. The van der Waals surface area contributed by atoms with Crippen LogP contribution in [0.15, 0.2) is 42.7 Å². The molecule has 3 heterocycles. The van der Waals surface area contributed by atoms with Crippen molar-refractivity contribution in [1.29, 1.82) is 0 Å². The second kappa shape index (κ2) is 7.23. The summed E-state index contributed by atoms with van der Waals surface area (Å²) in [4.78, 5) is 17.2. The lowest BCUT2D eigenvalue weighted by atomic mass is 9.89. The maximum Gasteiger partial charge on any atom is 0.219 e. The first-order valence-electron chi connectivity index (χ1n) is 9.67. The molecular weight excluding hydrogens is 324 g/mol. The van der Waals surface area contributed by atoms with Crippen molar-refractivity contribution in [3.8, 4) is 0 Å². The van der Waals surface area contributed by atoms with Gasteiger partial charge in [0.25, 0.3) is 0 Å². The van der Waals surface area contributed by atoms with Crippen LogP contribution in [0.2, 0.25) is 0 Å². The summed E-state index contributed by atoms with van der Waals surface area (Å²) >= 11 is 0. The van der Waals surface area contributed by atoms with Crippen LogP contribution in [0.4, 0.5) is 0 Å². The van der Waals surface area contributed by atoms with Crippen LogP contribution in [0.25, 0.3) is 0 Å². The number of hydrogen-bond donors (Lipinski definition) is 0. The summed E-state index contributed by atoms with van der Waals surface area (Å²) in [7, 11) is 1.96. The molecule has 2 fully saturated rings. The number of rotatable bonds is 3. The van der Waals surface area contributed by atoms with E-state index < -0.39 is 0 Å². The lowest BCUT2D eigenvalue weighted by Gasteiger charge is -2.35. The minimum absolute atomic E-state index is 0.214. The average Bonchev–Trinajstić information content (AvgIpc) is 3.11. The number of amides is 1. The van der Waals surface area contributed by atoms with Gasteiger partial charge < -0.3 is 4.90 Å². The molecule has 3 atom stereocenters. The van der Waals surface area contributed by atoms with Gasteiger partial charge >= 0.3 is 0 Å². The highest BCUT2D eigenvalue weighted by atomic mass is 16.2. The second-order valence-corrected chi connectivity index (χ2v) is 7.74. The third kappa shape index (κ3) is 3.28. The van der Waals surface area contributed by atoms with E-state index in [4.69, 9.17) is 0 Å². The summed E-state index contributed by atoms with van der Waals surface area (Å²) in [5, 5.41) is 4.33. The van der Waals surface area contributed by atoms with Crippen molar-refractivity contribution in [1.82, 2.24) is 19.6 Å². The number of fused-ring (bicyclic) bond motifs is 1. The van der Waals surface area contributed by atoms with E-state index in [0.29, 0.717) is 12.0 Å². The van der Waals surface area contributed by atoms with Gasteiger partial charge in [-0.2, -0.15) is 5.10 Å². The van der Waals surface area contributed by atoms with Crippen molar-refractivity contribution in [2.45, 2.75) is 50.7 Å². The number of likely N-dealkylation sites (tertiary alicyclic amines) is 2. The smallest absolute Gasteiger partial charge is 0.219 e. The molecule has 138 valence electrons. The molecule has 2 saturated heterocycles. The molecule has 0 N–H and O–H groups in total. The molecule has 5 nitrogen and oxygen atoms in total. The van der Waals surface area contributed by atoms with E-state index >= 15 is 0 Å². The van der Waals surface area contributed by atoms with Crippen molar-refractivity contribution in [3.05, 3.63) is 53.9 Å². The first kappa shape index (κ1) is 17.3. The molecule has 0 radical (unpaired) electrons. The molecule has 1 amide bonds. The Hall–Kier alpha value is -2.14. The zero-order valence-electron chi connectivity index (χ0n) is 15.7. The van der Waals surface area contributed by atoms with Crippen LogP contribution in [0.3, 0.4) is 0 Å². The first-order valence-corrected chi connectivity index (χ1v) is 9.67. The van der Waals surface area contributed by atoms with Gasteiger partial charge in [0.2, 0.25) is 5.91 Å². The number of aromatic nitrogens is 2. The molecule has 1 aromatic heterocycles. The number of nitrogens with zero attached hydrogens (tertiary/aromatic N) is 4. The van der Waals surface area contributed by atoms with E-state index in [1.807, 2.05) is 17.9 Å². The fourth-order valence-corrected chi connectivity index (χ4v) is 4.88. The Kier molecular flexibility index (Phi) is 4.81. The highest BCUT2D eigenvalue weighted by Gasteiger charge is 2.46. The molecule has 1 aromatic carbocycles. The molecule has 0 saturated carbocycles. The van der Waals surface area contributed by atoms with Crippen molar-refractivity contribution in [2.24, 2.45) is 7.05 Å². The van der Waals surface area contributed by atoms with Gasteiger partial charge in [0.15, 0.2) is 0 Å². The zero-order chi connectivity index (χ0) is 18.1. The van der Waals surface area contributed by atoms with E-state index in [9.17, 15) is 4.79 Å². The standard InChI is InChI=1S/C21H28N4O/c1-16(26)25-11-7-6-10-20-21(25)19(18-8-4-3-5-9-18)15-24(20)14-17-12-22-23(2)13-17/h3-5,8-9,12-13,19-21H,6-7,10-11,14-15H2,1-2H3/t19-,20-,21-/m0/s1. The van der Waals surface area contributed by atoms with Crippen LogP contribution in [-0.2, 0) is 18.4 Å². The van der Waals surface area contributed by atoms with Crippen LogP contribution in [0.1, 0.15) is 43.2 Å². The maximum absolute atomic E-state index is 12.4. The predicted octanol–water partition coefficient (Wildman–Crippen LogP) is 2.79. The van der Waals surface area contributed by atoms with Crippen LogP contribution in [0, 0.1) is 0 Å². The van der Waals surface area contributed by atoms with E-state index in [1.165, 1.54) is 17.5 Å². The number of hydrogen-bond acceptors (Lipinski definition) is 3. The molecule has 2 aliphatic rings. The van der Waals surface area contributed by atoms with Gasteiger partial charge in [-0.05, 0) is 18.4 Å². The summed E-state index contributed by atoms with van der Waals surface area (Å²) in [6.07, 6.45) is 7.53. The van der Waals surface area contributed by atoms with Crippen LogP contribution < -0.4 is 0 Å². The van der Waals surface area contributed by atoms with Gasteiger partial charge in [-0.15, -0.1) is 0 Å². The Morgan fingerprint density at radius 2 is 2.04 bits per heavy atom. The van der Waals surface area contributed by atoms with Gasteiger partial charge in [0.05, 0.1) is 12.2 Å². The zero-order valence-corrected chi connectivity index (χ0v) is 15.7. The molecule has 0 aliphatic carbocycles.